The van der Waals surface area contributed by atoms with Crippen LogP contribution >= 0.6 is 0 Å². The molecule has 0 saturated carbocycles. The van der Waals surface area contributed by atoms with Crippen molar-refractivity contribution in [2.75, 3.05) is 14.2 Å². The molecular weight excluding hydrogens is 300 g/mol. The number of methoxy groups -OCH3 is 1. The van der Waals surface area contributed by atoms with Crippen molar-refractivity contribution in [3.8, 4) is 5.75 Å². The zero-order chi connectivity index (χ0) is 17.0. The summed E-state index contributed by atoms with van der Waals surface area (Å²) in [5, 5.41) is 15.9. The summed E-state index contributed by atoms with van der Waals surface area (Å²) in [5.41, 5.74) is 0.773. The second kappa shape index (κ2) is 6.91. The number of carboxylic acids is 1. The first-order valence-electron chi connectivity index (χ1n) is 6.95. The average Bonchev–Trinajstić information content (AvgIpc) is 3.02. The number of amides is 1. The third kappa shape index (κ3) is 3.85. The Morgan fingerprint density at radius 1 is 1.35 bits per heavy atom. The lowest BCUT2D eigenvalue weighted by Gasteiger charge is -2.25. The van der Waals surface area contributed by atoms with Crippen LogP contribution < -0.4 is 4.74 Å². The second-order valence-corrected chi connectivity index (χ2v) is 5.06. The van der Waals surface area contributed by atoms with Gasteiger partial charge in [-0.25, -0.2) is 9.48 Å². The van der Waals surface area contributed by atoms with Gasteiger partial charge in [0.2, 0.25) is 5.91 Å². The van der Waals surface area contributed by atoms with E-state index in [0.29, 0.717) is 0 Å². The number of hydrogen-bond acceptors (Lipinski definition) is 5. The summed E-state index contributed by atoms with van der Waals surface area (Å²) in [6.45, 7) is 1.83. The van der Waals surface area contributed by atoms with E-state index in [1.54, 1.807) is 19.1 Å². The highest BCUT2D eigenvalue weighted by molar-refractivity contribution is 5.84. The van der Waals surface area contributed by atoms with Crippen LogP contribution in [0, 0.1) is 0 Å². The molecule has 0 fully saturated rings. The Balaban J connectivity index is 2.03. The number of benzene rings is 1. The van der Waals surface area contributed by atoms with Crippen LogP contribution in [-0.2, 0) is 11.3 Å². The number of carbonyl (C=O) groups is 2. The molecule has 2 aromatic rings. The standard InChI is InChI=1S/C15H18N4O4/c1-10(11-4-6-12(23-3)7-5-11)18(2)14(20)9-19-8-13(15(21)22)16-17-19/h4-8,10H,9H2,1-3H3,(H,21,22). The van der Waals surface area contributed by atoms with Crippen molar-refractivity contribution in [3.63, 3.8) is 0 Å². The zero-order valence-electron chi connectivity index (χ0n) is 13.1. The van der Waals surface area contributed by atoms with Crippen molar-refractivity contribution < 1.29 is 19.4 Å². The molecule has 1 heterocycles. The Morgan fingerprint density at radius 2 is 2.00 bits per heavy atom. The Labute approximate surface area is 133 Å². The molecule has 1 N–H and O–H groups in total. The van der Waals surface area contributed by atoms with Crippen LogP contribution in [0.3, 0.4) is 0 Å². The van der Waals surface area contributed by atoms with Gasteiger partial charge < -0.3 is 14.7 Å². The van der Waals surface area contributed by atoms with E-state index in [4.69, 9.17) is 9.84 Å². The molecule has 0 radical (unpaired) electrons. The first-order valence-corrected chi connectivity index (χ1v) is 6.95. The second-order valence-electron chi connectivity index (χ2n) is 5.06. The predicted octanol–water partition coefficient (Wildman–Crippen LogP) is 1.20. The van der Waals surface area contributed by atoms with E-state index in [-0.39, 0.29) is 24.2 Å². The SMILES string of the molecule is COc1ccc(C(C)N(C)C(=O)Cn2cc(C(=O)O)nn2)cc1. The fourth-order valence-corrected chi connectivity index (χ4v) is 2.05. The molecule has 1 amide bonds. The molecule has 122 valence electrons. The van der Waals surface area contributed by atoms with Crippen LogP contribution in [-0.4, -0.2) is 51.0 Å². The van der Waals surface area contributed by atoms with Crippen LogP contribution in [0.5, 0.6) is 5.75 Å². The molecule has 1 aromatic carbocycles. The highest BCUT2D eigenvalue weighted by Gasteiger charge is 2.19. The van der Waals surface area contributed by atoms with E-state index >= 15 is 0 Å². The normalized spacial score (nSPS) is 11.8. The van der Waals surface area contributed by atoms with Gasteiger partial charge in [0.25, 0.3) is 0 Å². The van der Waals surface area contributed by atoms with Gasteiger partial charge in [0.1, 0.15) is 12.3 Å². The first kappa shape index (κ1) is 16.5. The smallest absolute Gasteiger partial charge is 0.358 e. The molecule has 0 spiro atoms. The van der Waals surface area contributed by atoms with Crippen molar-refractivity contribution in [3.05, 3.63) is 41.7 Å². The van der Waals surface area contributed by atoms with Crippen LogP contribution in [0.1, 0.15) is 29.0 Å². The van der Waals surface area contributed by atoms with E-state index in [1.165, 1.54) is 10.9 Å². The molecule has 1 unspecified atom stereocenters. The molecule has 23 heavy (non-hydrogen) atoms. The molecular formula is C15H18N4O4. The van der Waals surface area contributed by atoms with Crippen LogP contribution in [0.15, 0.2) is 30.5 Å². The van der Waals surface area contributed by atoms with Crippen molar-refractivity contribution in [1.29, 1.82) is 0 Å². The quantitative estimate of drug-likeness (QED) is 0.859. The predicted molar refractivity (Wildman–Crippen MR) is 81.2 cm³/mol. The average molecular weight is 318 g/mol. The molecule has 1 aromatic heterocycles. The summed E-state index contributed by atoms with van der Waals surface area (Å²) in [6.07, 6.45) is 1.23. The number of carboxylic acid groups (broad SMARTS) is 1. The fraction of sp³-hybridized carbons (Fsp3) is 0.333. The van der Waals surface area contributed by atoms with Crippen LogP contribution in [0.25, 0.3) is 0 Å². The summed E-state index contributed by atoms with van der Waals surface area (Å²) in [7, 11) is 3.28. The molecule has 1 atom stereocenters. The molecule has 0 aliphatic carbocycles. The highest BCUT2D eigenvalue weighted by atomic mass is 16.5. The Kier molecular flexibility index (Phi) is 4.95. The lowest BCUT2D eigenvalue weighted by Crippen LogP contribution is -2.32. The maximum atomic E-state index is 12.3. The molecule has 8 nitrogen and oxygen atoms in total. The number of aromatic carboxylic acids is 1. The lowest BCUT2D eigenvalue weighted by molar-refractivity contribution is -0.132. The van der Waals surface area contributed by atoms with Gasteiger partial charge in [0, 0.05) is 7.05 Å². The number of nitrogens with zero attached hydrogens (tertiary/aromatic N) is 4. The number of ether oxygens (including phenoxy) is 1. The van der Waals surface area contributed by atoms with Crippen molar-refractivity contribution in [2.45, 2.75) is 19.5 Å². The first-order chi connectivity index (χ1) is 10.9. The Bertz CT molecular complexity index is 696. The molecule has 8 heteroatoms. The van der Waals surface area contributed by atoms with Gasteiger partial charge in [-0.05, 0) is 24.6 Å². The summed E-state index contributed by atoms with van der Waals surface area (Å²) in [5.74, 6) is -0.627. The van der Waals surface area contributed by atoms with E-state index < -0.39 is 5.97 Å². The summed E-state index contributed by atoms with van der Waals surface area (Å²) in [6, 6.07) is 7.31. The van der Waals surface area contributed by atoms with Gasteiger partial charge in [0.05, 0.1) is 19.3 Å². The Hall–Kier alpha value is -2.90. The van der Waals surface area contributed by atoms with Crippen molar-refractivity contribution in [1.82, 2.24) is 19.9 Å². The minimum absolute atomic E-state index is 0.0721. The van der Waals surface area contributed by atoms with Gasteiger partial charge in [-0.2, -0.15) is 0 Å². The maximum absolute atomic E-state index is 12.3. The topological polar surface area (TPSA) is 97.5 Å². The van der Waals surface area contributed by atoms with Gasteiger partial charge >= 0.3 is 5.97 Å². The number of aromatic nitrogens is 3. The maximum Gasteiger partial charge on any atom is 0.358 e. The number of rotatable bonds is 6. The largest absolute Gasteiger partial charge is 0.497 e. The molecule has 0 bridgehead atoms. The lowest BCUT2D eigenvalue weighted by atomic mass is 10.1. The van der Waals surface area contributed by atoms with Gasteiger partial charge in [-0.3, -0.25) is 4.79 Å². The van der Waals surface area contributed by atoms with Crippen LogP contribution in [0.4, 0.5) is 0 Å². The van der Waals surface area contributed by atoms with E-state index in [9.17, 15) is 9.59 Å². The summed E-state index contributed by atoms with van der Waals surface area (Å²) < 4.78 is 6.32. The zero-order valence-corrected chi connectivity index (χ0v) is 13.1. The Morgan fingerprint density at radius 3 is 2.52 bits per heavy atom. The van der Waals surface area contributed by atoms with Gasteiger partial charge in [0.15, 0.2) is 5.69 Å². The number of likely N-dealkylation sites (N-methyl/N-ethyl adjacent to an activating group) is 1. The third-order valence-electron chi connectivity index (χ3n) is 3.63. The summed E-state index contributed by atoms with van der Waals surface area (Å²) in [4.78, 5) is 24.6. The molecule has 0 aliphatic heterocycles. The van der Waals surface area contributed by atoms with Crippen molar-refractivity contribution >= 4 is 11.9 Å². The summed E-state index contributed by atoms with van der Waals surface area (Å²) >= 11 is 0. The van der Waals surface area contributed by atoms with Crippen LogP contribution in [0.2, 0.25) is 0 Å². The monoisotopic (exact) mass is 318 g/mol. The minimum atomic E-state index is -1.18. The fourth-order valence-electron chi connectivity index (χ4n) is 2.05. The van der Waals surface area contributed by atoms with Gasteiger partial charge in [-0.1, -0.05) is 17.3 Å². The highest BCUT2D eigenvalue weighted by Crippen LogP contribution is 2.21. The molecule has 0 aliphatic rings. The third-order valence-corrected chi connectivity index (χ3v) is 3.63. The van der Waals surface area contributed by atoms with Crippen molar-refractivity contribution in [2.24, 2.45) is 0 Å². The number of carbonyl (C=O) groups excluding carboxylic acids is 1. The van der Waals surface area contributed by atoms with E-state index in [1.807, 2.05) is 31.2 Å². The van der Waals surface area contributed by atoms with Gasteiger partial charge in [-0.15, -0.1) is 5.10 Å². The molecule has 0 saturated heterocycles. The molecule has 2 rings (SSSR count). The number of hydrogen-bond donors (Lipinski definition) is 1. The van der Waals surface area contributed by atoms with E-state index in [2.05, 4.69) is 10.3 Å². The minimum Gasteiger partial charge on any atom is -0.497 e. The van der Waals surface area contributed by atoms with E-state index in [0.717, 1.165) is 11.3 Å².